The summed E-state index contributed by atoms with van der Waals surface area (Å²) >= 11 is 0. The van der Waals surface area contributed by atoms with E-state index in [-0.39, 0.29) is 56.9 Å². The number of aliphatic hydroxyl groups is 2. The first-order valence-electron chi connectivity index (χ1n) is 34.2. The normalized spacial score (nSPS) is 16.8. The summed E-state index contributed by atoms with van der Waals surface area (Å²) < 4.78 is 0. The number of hydrogen-bond donors (Lipinski definition) is 16. The molecule has 1 aliphatic heterocycles. The molecule has 5 rings (SSSR count). The third-order valence-corrected chi connectivity index (χ3v) is 17.4. The lowest BCUT2D eigenvalue weighted by atomic mass is 9.95. The zero-order valence-corrected chi connectivity index (χ0v) is 58.9. The highest BCUT2D eigenvalue weighted by Crippen LogP contribution is 2.23. The van der Waals surface area contributed by atoms with Gasteiger partial charge in [-0.1, -0.05) is 141 Å². The molecule has 11 amide bonds. The lowest BCUT2D eigenvalue weighted by molar-refractivity contribution is -0.144. The minimum Gasteiger partial charge on any atom is -0.481 e. The summed E-state index contributed by atoms with van der Waals surface area (Å²) in [5, 5.41) is 67.9. The first kappa shape index (κ1) is 81.9. The maximum Gasteiger partial charge on any atom is 0.326 e. The number of aliphatic hydroxyl groups excluding tert-OH is 2. The van der Waals surface area contributed by atoms with Crippen LogP contribution in [0.4, 0.5) is 0 Å². The number of aromatic amines is 1. The number of nitrogens with two attached hydrogens (primary N) is 1. The van der Waals surface area contributed by atoms with E-state index in [1.807, 2.05) is 0 Å². The summed E-state index contributed by atoms with van der Waals surface area (Å²) in [5.41, 5.74) is 8.03. The molecule has 0 spiro atoms. The molecule has 1 fully saturated rings. The van der Waals surface area contributed by atoms with Crippen LogP contribution in [0.5, 0.6) is 0 Å². The minimum atomic E-state index is -1.87. The number of hydrogen-bond acceptors (Lipinski definition) is 16. The Balaban J connectivity index is 1.36. The van der Waals surface area contributed by atoms with Crippen LogP contribution < -0.4 is 58.9 Å². The number of H-pyrrole nitrogens is 1. The van der Waals surface area contributed by atoms with Gasteiger partial charge in [0.05, 0.1) is 25.2 Å². The number of carboxylic acid groups (broad SMARTS) is 2. The molecule has 30 heteroatoms. The predicted molar refractivity (Wildman–Crippen MR) is 372 cm³/mol. The van der Waals surface area contributed by atoms with E-state index in [9.17, 15) is 82.8 Å². The Morgan fingerprint density at radius 1 is 0.515 bits per heavy atom. The van der Waals surface area contributed by atoms with Gasteiger partial charge in [0.15, 0.2) is 0 Å². The third-order valence-electron chi connectivity index (χ3n) is 17.4. The highest BCUT2D eigenvalue weighted by Gasteiger charge is 2.43. The number of para-hydroxylation sites is 1. The topological polar surface area (TPSA) is 468 Å². The van der Waals surface area contributed by atoms with Gasteiger partial charge in [-0.2, -0.15) is 0 Å². The molecule has 0 unspecified atom stereocenters. The quantitative estimate of drug-likeness (QED) is 0.0282. The Morgan fingerprint density at radius 2 is 0.960 bits per heavy atom. The number of likely N-dealkylation sites (tertiary alicyclic amines) is 1. The van der Waals surface area contributed by atoms with Gasteiger partial charge in [0.1, 0.15) is 66.5 Å². The van der Waals surface area contributed by atoms with Crippen LogP contribution in [0.1, 0.15) is 124 Å². The molecule has 0 saturated carbocycles. The summed E-state index contributed by atoms with van der Waals surface area (Å²) in [6.07, 6.45) is -0.808. The molecular formula is C71H101N13O17. The maximum atomic E-state index is 14.8. The van der Waals surface area contributed by atoms with Crippen molar-refractivity contribution in [3.63, 3.8) is 0 Å². The SMILES string of the molecule is CC[C@H](C)[C@H](NC(=O)[C@H](CC(C)C)NC(=O)[C@H](CO)NC(=O)[C@@H]1CCCN1C(=O)[C@@H](NC(=O)[C@H](Cc1ccccc1)NC(=O)[C@@H](NC(=O)[C@H](Cc1c[nH]c2ccccc12)NC(=O)[C@H](CC(=O)O)NC(=O)[C@H](Cc1ccccc1)NC(=O)[C@H](C)N)[C@@H](C)O)C(C)C)C(=O)N[C@@H](CC(C)C)C(=O)O. The largest absolute Gasteiger partial charge is 0.481 e. The van der Waals surface area contributed by atoms with Gasteiger partial charge in [-0.05, 0) is 86.0 Å². The molecule has 17 N–H and O–H groups in total. The molecular weight excluding hydrogens is 1310 g/mol. The number of rotatable bonds is 39. The summed E-state index contributed by atoms with van der Waals surface area (Å²) in [6, 6.07) is 6.49. The van der Waals surface area contributed by atoms with Crippen LogP contribution in [-0.2, 0) is 81.6 Å². The van der Waals surface area contributed by atoms with Gasteiger partial charge in [0.25, 0.3) is 0 Å². The van der Waals surface area contributed by atoms with Crippen LogP contribution in [-0.4, -0.2) is 199 Å². The standard InChI is InChI=1S/C71H101N13O17/c1-11-40(8)58(68(97)79-53(71(100)101)30-38(4)5)82-63(92)48(29-37(2)3)75-66(95)54(36-85)80-67(96)55-27-20-28-84(55)70(99)57(39(6)7)81-64(93)50(32-44-23-16-13-17-24-44)78-69(98)59(42(10)86)83-65(94)51(33-45-35-73-47-26-19-18-25-46(45)47)76-62(91)52(34-56(87)88)77-61(90)49(74-60(89)41(9)72)31-43-21-14-12-15-22-43/h12-19,21-26,35,37-42,48-55,57-59,73,85-86H,11,20,27-34,36,72H2,1-10H3,(H,74,89)(H,75,95)(H,76,91)(H,77,90)(H,78,98)(H,79,97)(H,80,96)(H,81,93)(H,82,92)(H,83,94)(H,87,88)(H,100,101)/t40-,41-,42+,48-,49-,50-,51-,52-,53-,54-,55-,57-,58-,59-/m0/s1. The molecule has 101 heavy (non-hydrogen) atoms. The van der Waals surface area contributed by atoms with E-state index in [1.54, 1.807) is 147 Å². The second-order valence-electron chi connectivity index (χ2n) is 27.1. The highest BCUT2D eigenvalue weighted by atomic mass is 16.4. The van der Waals surface area contributed by atoms with Gasteiger partial charge in [-0.3, -0.25) is 57.5 Å². The van der Waals surface area contributed by atoms with Gasteiger partial charge >= 0.3 is 11.9 Å². The average molecular weight is 1410 g/mol. The maximum absolute atomic E-state index is 14.8. The lowest BCUT2D eigenvalue weighted by Gasteiger charge is -2.32. The van der Waals surface area contributed by atoms with Crippen molar-refractivity contribution >= 4 is 87.8 Å². The molecule has 0 bridgehead atoms. The molecule has 1 aliphatic rings. The highest BCUT2D eigenvalue weighted by molar-refractivity contribution is 6.00. The zero-order chi connectivity index (χ0) is 74.9. The number of nitrogens with one attached hydrogen (secondary N) is 11. The fraction of sp³-hybridized carbons (Fsp3) is 0.535. The van der Waals surface area contributed by atoms with Crippen molar-refractivity contribution in [2.45, 2.75) is 206 Å². The van der Waals surface area contributed by atoms with E-state index in [2.05, 4.69) is 58.2 Å². The van der Waals surface area contributed by atoms with Crippen LogP contribution in [0.15, 0.2) is 91.1 Å². The number of aromatic nitrogens is 1. The number of fused-ring (bicyclic) bond motifs is 1. The zero-order valence-electron chi connectivity index (χ0n) is 58.9. The number of amides is 11. The van der Waals surface area contributed by atoms with Crippen LogP contribution >= 0.6 is 0 Å². The Labute approximate surface area is 587 Å². The van der Waals surface area contributed by atoms with Crippen molar-refractivity contribution < 1.29 is 82.8 Å². The summed E-state index contributed by atoms with van der Waals surface area (Å²) in [7, 11) is 0. The van der Waals surface area contributed by atoms with Crippen LogP contribution in [0.2, 0.25) is 0 Å². The van der Waals surface area contributed by atoms with Gasteiger partial charge in [-0.25, -0.2) is 4.79 Å². The summed E-state index contributed by atoms with van der Waals surface area (Å²) in [4.78, 5) is 185. The number of benzene rings is 3. The van der Waals surface area contributed by atoms with E-state index in [0.717, 1.165) is 0 Å². The Kier molecular flexibility index (Phi) is 31.8. The fourth-order valence-electron chi connectivity index (χ4n) is 11.6. The van der Waals surface area contributed by atoms with Gasteiger partial charge in [-0.15, -0.1) is 0 Å². The van der Waals surface area contributed by atoms with Crippen molar-refractivity contribution in [3.8, 4) is 0 Å². The minimum absolute atomic E-state index is 0.0122. The van der Waals surface area contributed by atoms with Crippen LogP contribution in [0.25, 0.3) is 10.9 Å². The van der Waals surface area contributed by atoms with Crippen molar-refractivity contribution in [2.75, 3.05) is 13.2 Å². The van der Waals surface area contributed by atoms with E-state index in [0.29, 0.717) is 40.4 Å². The van der Waals surface area contributed by atoms with Crippen LogP contribution in [0, 0.1) is 23.7 Å². The van der Waals surface area contributed by atoms with Crippen LogP contribution in [0.3, 0.4) is 0 Å². The van der Waals surface area contributed by atoms with E-state index in [4.69, 9.17) is 5.73 Å². The fourth-order valence-corrected chi connectivity index (χ4v) is 11.6. The summed E-state index contributed by atoms with van der Waals surface area (Å²) in [6.45, 7) is 15.5. The second kappa shape index (κ2) is 39.3. The van der Waals surface area contributed by atoms with Gasteiger partial charge in [0, 0.05) is 42.9 Å². The Hall–Kier alpha value is -9.81. The number of nitrogens with zero attached hydrogens (tertiary/aromatic N) is 1. The first-order valence-corrected chi connectivity index (χ1v) is 34.2. The molecule has 4 aromatic rings. The summed E-state index contributed by atoms with van der Waals surface area (Å²) in [5.74, 6) is -14.2. The third kappa shape index (κ3) is 24.8. The van der Waals surface area contributed by atoms with Gasteiger partial charge < -0.3 is 89.2 Å². The van der Waals surface area contributed by atoms with Gasteiger partial charge in [0.2, 0.25) is 65.0 Å². The molecule has 3 aromatic carbocycles. The number of carbonyl (C=O) groups is 13. The average Bonchev–Trinajstić information content (AvgIpc) is 1.66. The number of carbonyl (C=O) groups excluding carboxylic acids is 11. The van der Waals surface area contributed by atoms with Crippen molar-refractivity contribution in [2.24, 2.45) is 29.4 Å². The van der Waals surface area contributed by atoms with Crippen molar-refractivity contribution in [1.29, 1.82) is 0 Å². The molecule has 2 heterocycles. The molecule has 552 valence electrons. The van der Waals surface area contributed by atoms with Crippen molar-refractivity contribution in [1.82, 2.24) is 63.1 Å². The molecule has 0 aliphatic carbocycles. The Bertz CT molecular complexity index is 3510. The smallest absolute Gasteiger partial charge is 0.326 e. The lowest BCUT2D eigenvalue weighted by Crippen LogP contribution is -2.63. The molecule has 1 aromatic heterocycles. The van der Waals surface area contributed by atoms with Crippen molar-refractivity contribution in [3.05, 3.63) is 108 Å². The predicted octanol–water partition coefficient (Wildman–Crippen LogP) is 0.109. The molecule has 0 radical (unpaired) electrons. The first-order chi connectivity index (χ1) is 47.7. The second-order valence-corrected chi connectivity index (χ2v) is 27.1. The van der Waals surface area contributed by atoms with E-state index >= 15 is 0 Å². The monoisotopic (exact) mass is 1410 g/mol. The molecule has 30 nitrogen and oxygen atoms in total. The van der Waals surface area contributed by atoms with E-state index < -0.39 is 180 Å². The Morgan fingerprint density at radius 3 is 1.49 bits per heavy atom. The number of aliphatic carboxylic acids is 2. The molecule has 1 saturated heterocycles. The molecule has 14 atom stereocenters. The van der Waals surface area contributed by atoms with E-state index in [1.165, 1.54) is 18.7 Å². The number of carboxylic acids is 2.